The van der Waals surface area contributed by atoms with Crippen LogP contribution < -0.4 is 16.8 Å². The molecule has 0 aromatic heterocycles. The first-order valence-electron chi connectivity index (χ1n) is 13.6. The number of hydrogen-bond acceptors (Lipinski definition) is 11. The van der Waals surface area contributed by atoms with E-state index in [9.17, 15) is 43.8 Å². The van der Waals surface area contributed by atoms with Crippen LogP contribution in [0.4, 0.5) is 0 Å². The molecule has 2 fully saturated rings. The summed E-state index contributed by atoms with van der Waals surface area (Å²) in [7, 11) is 1.17. The number of methoxy groups -OCH3 is 1. The maximum Gasteiger partial charge on any atom is 0.329 e. The van der Waals surface area contributed by atoms with E-state index in [1.54, 1.807) is 18.2 Å². The normalized spacial score (nSPS) is 27.0. The van der Waals surface area contributed by atoms with Gasteiger partial charge in [0.15, 0.2) is 34.7 Å². The monoisotopic (exact) mass is 591 g/mol. The summed E-state index contributed by atoms with van der Waals surface area (Å²) in [5.74, 6) is -12.4. The van der Waals surface area contributed by atoms with E-state index in [1.807, 2.05) is 0 Å². The van der Waals surface area contributed by atoms with Crippen LogP contribution in [0, 0.1) is 23.7 Å². The Labute approximate surface area is 244 Å². The first kappa shape index (κ1) is 29.7. The van der Waals surface area contributed by atoms with Gasteiger partial charge in [-0.2, -0.15) is 0 Å². The molecular formula is C30H29N3O10. The Hall–Kier alpha value is -4.75. The standard InChI is InChI=1S/C30H29N3O10/c1-43-29(41)18(11-31)33-28(40)13-4-2-3-12(7-13)16-5-6-19(34)22-17(16)9-14-8-15-10-20(35)23(27(32)39)26(38)30(15,42)25(37)21(14)24(22)36/h2-7,14-15,18,21,23,34,42H,8-11,31H2,1H3,(H2,32,39)(H,33,40)/t14-,15+,18?,21?,23?,30+/m1/s1. The lowest BCUT2D eigenvalue weighted by atomic mass is 9.53. The summed E-state index contributed by atoms with van der Waals surface area (Å²) in [6, 6.07) is 8.04. The number of benzene rings is 2. The number of phenols is 1. The van der Waals surface area contributed by atoms with E-state index in [0.717, 1.165) is 0 Å². The molecule has 2 saturated carbocycles. The van der Waals surface area contributed by atoms with Gasteiger partial charge in [0.05, 0.1) is 18.6 Å². The Balaban J connectivity index is 1.52. The lowest BCUT2D eigenvalue weighted by Gasteiger charge is -2.48. The molecule has 0 radical (unpaired) electrons. The first-order chi connectivity index (χ1) is 20.3. The zero-order valence-corrected chi connectivity index (χ0v) is 23.0. The Morgan fingerprint density at radius 1 is 1.09 bits per heavy atom. The Bertz CT molecular complexity index is 1620. The first-order valence-corrected chi connectivity index (χ1v) is 13.6. The van der Waals surface area contributed by atoms with Gasteiger partial charge in [0.25, 0.3) is 5.91 Å². The largest absolute Gasteiger partial charge is 0.507 e. The third-order valence-electron chi connectivity index (χ3n) is 8.75. The van der Waals surface area contributed by atoms with Gasteiger partial charge in [-0.25, -0.2) is 4.79 Å². The summed E-state index contributed by atoms with van der Waals surface area (Å²) in [6.45, 7) is -0.191. The Morgan fingerprint density at radius 3 is 2.47 bits per heavy atom. The number of Topliss-reactive ketones (excluding diaryl/α,β-unsaturated/α-hetero) is 4. The molecule has 43 heavy (non-hydrogen) atoms. The average Bonchev–Trinajstić information content (AvgIpc) is 2.97. The maximum atomic E-state index is 13.8. The van der Waals surface area contributed by atoms with E-state index in [1.165, 1.54) is 25.3 Å². The van der Waals surface area contributed by atoms with E-state index in [2.05, 4.69) is 10.1 Å². The summed E-state index contributed by atoms with van der Waals surface area (Å²) >= 11 is 0. The molecule has 13 nitrogen and oxygen atoms in total. The van der Waals surface area contributed by atoms with Crippen molar-refractivity contribution >= 4 is 40.9 Å². The number of primary amides is 1. The summed E-state index contributed by atoms with van der Waals surface area (Å²) in [4.78, 5) is 89.7. The molecule has 6 atom stereocenters. The summed E-state index contributed by atoms with van der Waals surface area (Å²) in [5, 5.41) is 24.6. The van der Waals surface area contributed by atoms with E-state index in [-0.39, 0.29) is 30.5 Å². The number of aromatic hydroxyl groups is 1. The molecule has 5 rings (SSSR count). The highest BCUT2D eigenvalue weighted by Crippen LogP contribution is 2.51. The average molecular weight is 592 g/mol. The highest BCUT2D eigenvalue weighted by Gasteiger charge is 2.66. The Kier molecular flexibility index (Phi) is 7.48. The molecule has 0 heterocycles. The number of fused-ring (bicyclic) bond motifs is 3. The molecule has 3 unspecified atom stereocenters. The van der Waals surface area contributed by atoms with Crippen molar-refractivity contribution in [1.29, 1.82) is 0 Å². The second-order valence-corrected chi connectivity index (χ2v) is 11.1. The molecule has 2 aromatic carbocycles. The van der Waals surface area contributed by atoms with E-state index in [0.29, 0.717) is 16.7 Å². The van der Waals surface area contributed by atoms with Crippen LogP contribution in [0.5, 0.6) is 5.75 Å². The molecule has 0 saturated heterocycles. The number of carbonyl (C=O) groups is 7. The van der Waals surface area contributed by atoms with Crippen LogP contribution in [0.1, 0.15) is 39.1 Å². The topological polar surface area (TPSA) is 233 Å². The molecule has 13 heteroatoms. The van der Waals surface area contributed by atoms with Crippen molar-refractivity contribution in [3.63, 3.8) is 0 Å². The molecule has 2 aromatic rings. The number of nitrogens with two attached hydrogens (primary N) is 2. The summed E-state index contributed by atoms with van der Waals surface area (Å²) < 4.78 is 4.65. The molecule has 0 bridgehead atoms. The van der Waals surface area contributed by atoms with Crippen LogP contribution in [-0.2, 0) is 35.1 Å². The Morgan fingerprint density at radius 2 is 1.81 bits per heavy atom. The van der Waals surface area contributed by atoms with Gasteiger partial charge in [-0.3, -0.25) is 28.8 Å². The molecule has 3 aliphatic rings. The molecule has 224 valence electrons. The molecule has 0 spiro atoms. The minimum absolute atomic E-state index is 0.0490. The number of aliphatic hydroxyl groups is 1. The number of phenolic OH excluding ortho intramolecular Hbond substituents is 1. The van der Waals surface area contributed by atoms with Gasteiger partial charge in [-0.05, 0) is 53.6 Å². The van der Waals surface area contributed by atoms with Gasteiger partial charge in [0, 0.05) is 24.4 Å². The zero-order valence-electron chi connectivity index (χ0n) is 23.0. The second-order valence-electron chi connectivity index (χ2n) is 11.1. The molecule has 3 aliphatic carbocycles. The number of ketones is 4. The third-order valence-corrected chi connectivity index (χ3v) is 8.75. The van der Waals surface area contributed by atoms with Crippen LogP contribution in [0.15, 0.2) is 36.4 Å². The number of rotatable bonds is 6. The van der Waals surface area contributed by atoms with Crippen molar-refractivity contribution in [2.75, 3.05) is 13.7 Å². The lowest BCUT2D eigenvalue weighted by molar-refractivity contribution is -0.175. The van der Waals surface area contributed by atoms with Crippen LogP contribution >= 0.6 is 0 Å². The number of hydrogen-bond donors (Lipinski definition) is 5. The zero-order chi connectivity index (χ0) is 31.4. The molecular weight excluding hydrogens is 562 g/mol. The fourth-order valence-corrected chi connectivity index (χ4v) is 6.66. The van der Waals surface area contributed by atoms with Gasteiger partial charge in [0.2, 0.25) is 5.91 Å². The van der Waals surface area contributed by atoms with Gasteiger partial charge in [-0.15, -0.1) is 0 Å². The number of ether oxygens (including phenoxy) is 1. The van der Waals surface area contributed by atoms with Crippen LogP contribution in [0.3, 0.4) is 0 Å². The van der Waals surface area contributed by atoms with Gasteiger partial charge >= 0.3 is 5.97 Å². The highest BCUT2D eigenvalue weighted by atomic mass is 16.5. The quantitative estimate of drug-likeness (QED) is 0.206. The van der Waals surface area contributed by atoms with Gasteiger partial charge in [0.1, 0.15) is 11.8 Å². The SMILES string of the molecule is COC(=O)C(CN)NC(=O)c1cccc(-c2ccc(O)c3c2C[C@H]2C[C@H]4CC(=O)C(C(N)=O)C(=O)[C@@]4(O)C(=O)C2C3=O)c1. The van der Waals surface area contributed by atoms with Crippen LogP contribution in [0.25, 0.3) is 11.1 Å². The van der Waals surface area contributed by atoms with Crippen molar-refractivity contribution in [3.05, 3.63) is 53.1 Å². The number of carbonyl (C=O) groups excluding carboxylic acids is 7. The van der Waals surface area contributed by atoms with E-state index >= 15 is 0 Å². The van der Waals surface area contributed by atoms with Crippen molar-refractivity contribution < 1.29 is 48.5 Å². The molecule has 0 aliphatic heterocycles. The molecule has 2 amide bonds. The lowest BCUT2D eigenvalue weighted by Crippen LogP contribution is -2.68. The van der Waals surface area contributed by atoms with Crippen molar-refractivity contribution in [2.45, 2.75) is 30.9 Å². The number of amides is 2. The highest BCUT2D eigenvalue weighted by molar-refractivity contribution is 6.31. The van der Waals surface area contributed by atoms with Gasteiger partial charge in [-0.1, -0.05) is 18.2 Å². The fraction of sp³-hybridized carbons (Fsp3) is 0.367. The number of esters is 1. The summed E-state index contributed by atoms with van der Waals surface area (Å²) in [5.41, 5.74) is 9.43. The predicted molar refractivity (Wildman–Crippen MR) is 146 cm³/mol. The maximum absolute atomic E-state index is 13.8. The van der Waals surface area contributed by atoms with Gasteiger partial charge < -0.3 is 31.7 Å². The smallest absolute Gasteiger partial charge is 0.329 e. The van der Waals surface area contributed by atoms with Crippen molar-refractivity contribution in [1.82, 2.24) is 5.32 Å². The fourth-order valence-electron chi connectivity index (χ4n) is 6.66. The van der Waals surface area contributed by atoms with Crippen LogP contribution in [-0.4, -0.2) is 76.4 Å². The minimum Gasteiger partial charge on any atom is -0.507 e. The number of nitrogens with one attached hydrogen (secondary N) is 1. The van der Waals surface area contributed by atoms with E-state index < -0.39 is 88.4 Å². The van der Waals surface area contributed by atoms with Crippen molar-refractivity contribution in [2.24, 2.45) is 35.1 Å². The third kappa shape index (κ3) is 4.61. The molecule has 7 N–H and O–H groups in total. The predicted octanol–water partition coefficient (Wildman–Crippen LogP) is -0.776. The second kappa shape index (κ2) is 10.8. The van der Waals surface area contributed by atoms with Crippen molar-refractivity contribution in [3.8, 4) is 16.9 Å². The summed E-state index contributed by atoms with van der Waals surface area (Å²) in [6.07, 6.45) is -0.415. The van der Waals surface area contributed by atoms with Crippen LogP contribution in [0.2, 0.25) is 0 Å². The van der Waals surface area contributed by atoms with E-state index in [4.69, 9.17) is 11.5 Å². The minimum atomic E-state index is -2.73.